The van der Waals surface area contributed by atoms with Crippen molar-refractivity contribution >= 4 is 0 Å². The second kappa shape index (κ2) is 5.46. The van der Waals surface area contributed by atoms with Crippen LogP contribution in [0, 0.1) is 0 Å². The van der Waals surface area contributed by atoms with E-state index in [1.807, 2.05) is 6.07 Å². The van der Waals surface area contributed by atoms with Crippen molar-refractivity contribution in [1.29, 1.82) is 0 Å². The number of ether oxygens (including phenoxy) is 1. The predicted molar refractivity (Wildman–Crippen MR) is 66.2 cm³/mol. The third kappa shape index (κ3) is 2.63. The standard InChI is InChI=1S/C14H21NO/c1-3-4-10-13-15-11(2)14(16-13)12-8-6-5-7-9-12/h5-9,11,13-15H,3-4,10H2,1-2H3/t11-,13-,14-/m1/s1. The van der Waals surface area contributed by atoms with Gasteiger partial charge in [-0.05, 0) is 25.3 Å². The van der Waals surface area contributed by atoms with E-state index in [9.17, 15) is 0 Å². The van der Waals surface area contributed by atoms with Crippen LogP contribution in [0.5, 0.6) is 0 Å². The Morgan fingerprint density at radius 1 is 1.25 bits per heavy atom. The molecule has 0 spiro atoms. The van der Waals surface area contributed by atoms with E-state index in [0.29, 0.717) is 6.04 Å². The Bertz CT molecular complexity index is 312. The molecule has 1 saturated heterocycles. The minimum absolute atomic E-state index is 0.211. The van der Waals surface area contributed by atoms with E-state index in [0.717, 1.165) is 6.42 Å². The van der Waals surface area contributed by atoms with Crippen molar-refractivity contribution in [1.82, 2.24) is 5.32 Å². The minimum Gasteiger partial charge on any atom is -0.354 e. The fourth-order valence-electron chi connectivity index (χ4n) is 2.27. The first kappa shape index (κ1) is 11.6. The van der Waals surface area contributed by atoms with Gasteiger partial charge in [0.1, 0.15) is 6.23 Å². The van der Waals surface area contributed by atoms with Gasteiger partial charge in [0.15, 0.2) is 0 Å². The van der Waals surface area contributed by atoms with Crippen molar-refractivity contribution in [2.45, 2.75) is 51.5 Å². The first-order valence-electron chi connectivity index (χ1n) is 6.27. The number of benzene rings is 1. The van der Waals surface area contributed by atoms with Gasteiger partial charge in [-0.3, -0.25) is 5.32 Å². The van der Waals surface area contributed by atoms with Crippen LogP contribution in [0.25, 0.3) is 0 Å². The first-order chi connectivity index (χ1) is 7.81. The second-order valence-electron chi connectivity index (χ2n) is 4.55. The third-order valence-corrected chi connectivity index (χ3v) is 3.16. The summed E-state index contributed by atoms with van der Waals surface area (Å²) in [6.07, 6.45) is 4.02. The van der Waals surface area contributed by atoms with Gasteiger partial charge in [-0.2, -0.15) is 0 Å². The zero-order chi connectivity index (χ0) is 11.4. The van der Waals surface area contributed by atoms with E-state index in [2.05, 4.69) is 43.4 Å². The summed E-state index contributed by atoms with van der Waals surface area (Å²) in [6, 6.07) is 10.9. The molecule has 1 heterocycles. The Hall–Kier alpha value is -0.860. The molecule has 0 aliphatic carbocycles. The van der Waals surface area contributed by atoms with E-state index in [1.54, 1.807) is 0 Å². The molecule has 2 rings (SSSR count). The van der Waals surface area contributed by atoms with Crippen LogP contribution in [0.15, 0.2) is 30.3 Å². The highest BCUT2D eigenvalue weighted by atomic mass is 16.5. The predicted octanol–water partition coefficient (Wildman–Crippen LogP) is 3.25. The molecule has 1 aromatic carbocycles. The smallest absolute Gasteiger partial charge is 0.109 e. The highest BCUT2D eigenvalue weighted by Gasteiger charge is 2.31. The van der Waals surface area contributed by atoms with Gasteiger partial charge < -0.3 is 4.74 Å². The van der Waals surface area contributed by atoms with Crippen LogP contribution < -0.4 is 5.32 Å². The average molecular weight is 219 g/mol. The van der Waals surface area contributed by atoms with Crippen molar-refractivity contribution in [2.75, 3.05) is 0 Å². The maximum atomic E-state index is 6.05. The molecule has 88 valence electrons. The molecular formula is C14H21NO. The molecule has 2 heteroatoms. The molecule has 16 heavy (non-hydrogen) atoms. The summed E-state index contributed by atoms with van der Waals surface area (Å²) in [5.74, 6) is 0. The number of hydrogen-bond donors (Lipinski definition) is 1. The molecule has 0 radical (unpaired) electrons. The van der Waals surface area contributed by atoms with E-state index < -0.39 is 0 Å². The van der Waals surface area contributed by atoms with Gasteiger partial charge in [-0.1, -0.05) is 43.7 Å². The fourth-order valence-corrected chi connectivity index (χ4v) is 2.27. The van der Waals surface area contributed by atoms with Gasteiger partial charge in [-0.15, -0.1) is 0 Å². The van der Waals surface area contributed by atoms with Crippen LogP contribution in [0.1, 0.15) is 44.8 Å². The van der Waals surface area contributed by atoms with Crippen LogP contribution in [0.4, 0.5) is 0 Å². The topological polar surface area (TPSA) is 21.3 Å². The van der Waals surface area contributed by atoms with Gasteiger partial charge in [0, 0.05) is 6.04 Å². The number of hydrogen-bond acceptors (Lipinski definition) is 2. The SMILES string of the molecule is CCCC[C@@H]1N[C@H](C)[C@H](c2ccccc2)O1. The van der Waals surface area contributed by atoms with Gasteiger partial charge in [-0.25, -0.2) is 0 Å². The van der Waals surface area contributed by atoms with Crippen molar-refractivity contribution in [2.24, 2.45) is 0 Å². The molecule has 1 fully saturated rings. The Labute approximate surface area is 98.0 Å². The summed E-state index contributed by atoms with van der Waals surface area (Å²) in [4.78, 5) is 0. The quantitative estimate of drug-likeness (QED) is 0.839. The number of rotatable bonds is 4. The Morgan fingerprint density at radius 3 is 2.69 bits per heavy atom. The van der Waals surface area contributed by atoms with E-state index >= 15 is 0 Å². The summed E-state index contributed by atoms with van der Waals surface area (Å²) in [5, 5.41) is 3.51. The summed E-state index contributed by atoms with van der Waals surface area (Å²) in [7, 11) is 0. The van der Waals surface area contributed by atoms with Gasteiger partial charge in [0.05, 0.1) is 6.10 Å². The van der Waals surface area contributed by atoms with Crippen LogP contribution >= 0.6 is 0 Å². The summed E-state index contributed by atoms with van der Waals surface area (Å²) in [5.41, 5.74) is 1.28. The largest absolute Gasteiger partial charge is 0.354 e. The van der Waals surface area contributed by atoms with Crippen LogP contribution in [-0.2, 0) is 4.74 Å². The lowest BCUT2D eigenvalue weighted by Crippen LogP contribution is -2.28. The van der Waals surface area contributed by atoms with Crippen LogP contribution in [-0.4, -0.2) is 12.3 Å². The van der Waals surface area contributed by atoms with Crippen LogP contribution in [0.2, 0.25) is 0 Å². The van der Waals surface area contributed by atoms with E-state index in [1.165, 1.54) is 18.4 Å². The molecule has 1 N–H and O–H groups in total. The van der Waals surface area contributed by atoms with Crippen molar-refractivity contribution in [3.63, 3.8) is 0 Å². The van der Waals surface area contributed by atoms with Gasteiger partial charge in [0.25, 0.3) is 0 Å². The number of unbranched alkanes of at least 4 members (excludes halogenated alkanes) is 1. The molecule has 1 aliphatic rings. The molecule has 0 bridgehead atoms. The molecule has 0 amide bonds. The van der Waals surface area contributed by atoms with Gasteiger partial charge in [0.2, 0.25) is 0 Å². The highest BCUT2D eigenvalue weighted by molar-refractivity contribution is 5.20. The van der Waals surface area contributed by atoms with Gasteiger partial charge >= 0.3 is 0 Å². The zero-order valence-corrected chi connectivity index (χ0v) is 10.1. The first-order valence-corrected chi connectivity index (χ1v) is 6.27. The molecular weight excluding hydrogens is 198 g/mol. The molecule has 2 nitrogen and oxygen atoms in total. The lowest BCUT2D eigenvalue weighted by atomic mass is 10.0. The minimum atomic E-state index is 0.211. The van der Waals surface area contributed by atoms with E-state index in [-0.39, 0.29) is 12.3 Å². The summed E-state index contributed by atoms with van der Waals surface area (Å²) in [6.45, 7) is 4.41. The second-order valence-corrected chi connectivity index (χ2v) is 4.55. The normalized spacial score (nSPS) is 29.5. The Balaban J connectivity index is 1.97. The average Bonchev–Trinajstić information content (AvgIpc) is 2.69. The van der Waals surface area contributed by atoms with Crippen LogP contribution in [0.3, 0.4) is 0 Å². The van der Waals surface area contributed by atoms with Crippen molar-refractivity contribution < 1.29 is 4.74 Å². The third-order valence-electron chi connectivity index (χ3n) is 3.16. The highest BCUT2D eigenvalue weighted by Crippen LogP contribution is 2.29. The lowest BCUT2D eigenvalue weighted by Gasteiger charge is -2.14. The monoisotopic (exact) mass is 219 g/mol. The summed E-state index contributed by atoms with van der Waals surface area (Å²) >= 11 is 0. The van der Waals surface area contributed by atoms with E-state index in [4.69, 9.17) is 4.74 Å². The lowest BCUT2D eigenvalue weighted by molar-refractivity contribution is 0.0312. The van der Waals surface area contributed by atoms with Crippen molar-refractivity contribution in [3.8, 4) is 0 Å². The molecule has 3 atom stereocenters. The fraction of sp³-hybridized carbons (Fsp3) is 0.571. The molecule has 0 saturated carbocycles. The molecule has 1 aromatic rings. The number of nitrogens with one attached hydrogen (secondary N) is 1. The maximum absolute atomic E-state index is 6.05. The zero-order valence-electron chi connectivity index (χ0n) is 10.1. The molecule has 0 aromatic heterocycles. The van der Waals surface area contributed by atoms with Crippen molar-refractivity contribution in [3.05, 3.63) is 35.9 Å². The Kier molecular flexibility index (Phi) is 3.97. The Morgan fingerprint density at radius 2 is 2.00 bits per heavy atom. The molecule has 1 aliphatic heterocycles. The molecule has 0 unspecified atom stereocenters. The maximum Gasteiger partial charge on any atom is 0.109 e. The summed E-state index contributed by atoms with van der Waals surface area (Å²) < 4.78 is 6.05.